The van der Waals surface area contributed by atoms with E-state index in [1.807, 2.05) is 0 Å². The summed E-state index contributed by atoms with van der Waals surface area (Å²) in [5.41, 5.74) is 0.355. The van der Waals surface area contributed by atoms with Gasteiger partial charge in [-0.05, 0) is 55.8 Å². The van der Waals surface area contributed by atoms with E-state index in [0.29, 0.717) is 0 Å². The van der Waals surface area contributed by atoms with Gasteiger partial charge in [0.05, 0.1) is 17.2 Å². The number of hydrogen-bond acceptors (Lipinski definition) is 4. The molecule has 2 aromatic carbocycles. The maximum Gasteiger partial charge on any atom is 0.326 e. The van der Waals surface area contributed by atoms with Gasteiger partial charge in [-0.2, -0.15) is 0 Å². The lowest BCUT2D eigenvalue weighted by Crippen LogP contribution is -2.36. The zero-order valence-electron chi connectivity index (χ0n) is 13.7. The third-order valence-electron chi connectivity index (χ3n) is 3.42. The van der Waals surface area contributed by atoms with E-state index in [-0.39, 0.29) is 22.8 Å². The molecule has 2 aromatic rings. The molecule has 0 aliphatic rings. The van der Waals surface area contributed by atoms with Gasteiger partial charge in [0.15, 0.2) is 0 Å². The monoisotopic (exact) mass is 369 g/mol. The maximum atomic E-state index is 13.8. The highest BCUT2D eigenvalue weighted by Crippen LogP contribution is 2.25. The molecular formula is C17H17F2NO4S. The minimum Gasteiger partial charge on any atom is -0.465 e. The summed E-state index contributed by atoms with van der Waals surface area (Å²) in [6, 6.07) is 8.03. The van der Waals surface area contributed by atoms with Crippen molar-refractivity contribution in [1.82, 2.24) is 0 Å². The van der Waals surface area contributed by atoms with Crippen molar-refractivity contribution in [2.24, 2.45) is 0 Å². The Bertz CT molecular complexity index is 867. The average Bonchev–Trinajstić information content (AvgIpc) is 2.56. The van der Waals surface area contributed by atoms with E-state index >= 15 is 0 Å². The fraction of sp³-hybridized carbons (Fsp3) is 0.235. The topological polar surface area (TPSA) is 63.7 Å². The zero-order valence-corrected chi connectivity index (χ0v) is 14.5. The maximum absolute atomic E-state index is 13.8. The third-order valence-corrected chi connectivity index (χ3v) is 5.19. The molecule has 5 nitrogen and oxygen atoms in total. The van der Waals surface area contributed by atoms with E-state index in [1.165, 1.54) is 31.2 Å². The van der Waals surface area contributed by atoms with Crippen LogP contribution in [0.25, 0.3) is 0 Å². The number of aryl methyl sites for hydroxylation is 1. The summed E-state index contributed by atoms with van der Waals surface area (Å²) < 4.78 is 58.2. The largest absolute Gasteiger partial charge is 0.465 e. The molecule has 0 unspecified atom stereocenters. The molecule has 0 fully saturated rings. The minimum atomic E-state index is -4.25. The van der Waals surface area contributed by atoms with Crippen LogP contribution in [0.15, 0.2) is 47.4 Å². The summed E-state index contributed by atoms with van der Waals surface area (Å²) in [7, 11) is -4.25. The van der Waals surface area contributed by atoms with Crippen molar-refractivity contribution in [2.75, 3.05) is 17.5 Å². The van der Waals surface area contributed by atoms with Gasteiger partial charge < -0.3 is 4.74 Å². The molecule has 0 saturated carbocycles. The Hall–Kier alpha value is -2.48. The van der Waals surface area contributed by atoms with Gasteiger partial charge in [0.1, 0.15) is 18.2 Å². The molecular weight excluding hydrogens is 352 g/mol. The number of halogens is 2. The molecule has 25 heavy (non-hydrogen) atoms. The second kappa shape index (κ2) is 7.60. The van der Waals surface area contributed by atoms with Crippen LogP contribution in [0.3, 0.4) is 0 Å². The van der Waals surface area contributed by atoms with Crippen LogP contribution in [0.4, 0.5) is 14.5 Å². The number of carbonyl (C=O) groups excluding carboxylic acids is 1. The molecule has 0 atom stereocenters. The molecule has 134 valence electrons. The first-order valence-electron chi connectivity index (χ1n) is 7.45. The molecule has 0 amide bonds. The van der Waals surface area contributed by atoms with Crippen molar-refractivity contribution in [2.45, 2.75) is 18.7 Å². The molecule has 0 bridgehead atoms. The number of hydrogen-bond donors (Lipinski definition) is 0. The van der Waals surface area contributed by atoms with E-state index < -0.39 is 34.2 Å². The van der Waals surface area contributed by atoms with Gasteiger partial charge in [0.2, 0.25) is 0 Å². The zero-order chi connectivity index (χ0) is 18.6. The molecule has 0 saturated heterocycles. The Morgan fingerprint density at radius 1 is 1.12 bits per heavy atom. The Morgan fingerprint density at radius 2 is 1.76 bits per heavy atom. The Morgan fingerprint density at radius 3 is 2.32 bits per heavy atom. The van der Waals surface area contributed by atoms with Crippen molar-refractivity contribution in [3.8, 4) is 0 Å². The molecule has 8 heteroatoms. The van der Waals surface area contributed by atoms with E-state index in [1.54, 1.807) is 6.92 Å². The molecule has 0 heterocycles. The normalized spacial score (nSPS) is 11.2. The lowest BCUT2D eigenvalue weighted by molar-refractivity contribution is -0.141. The molecule has 0 spiro atoms. The number of nitrogens with zero attached hydrogens (tertiary/aromatic N) is 1. The van der Waals surface area contributed by atoms with Gasteiger partial charge in [0, 0.05) is 0 Å². The van der Waals surface area contributed by atoms with E-state index in [9.17, 15) is 22.0 Å². The van der Waals surface area contributed by atoms with Crippen LogP contribution < -0.4 is 4.31 Å². The number of rotatable bonds is 6. The van der Waals surface area contributed by atoms with Crippen LogP contribution in [-0.4, -0.2) is 27.5 Å². The lowest BCUT2D eigenvalue weighted by atomic mass is 10.2. The van der Waals surface area contributed by atoms with Crippen molar-refractivity contribution >= 4 is 21.7 Å². The highest BCUT2D eigenvalue weighted by molar-refractivity contribution is 7.92. The SMILES string of the molecule is CCOC(=O)CN(c1ccc(F)cc1)S(=O)(=O)c1ccc(C)c(F)c1. The second-order valence-electron chi connectivity index (χ2n) is 5.20. The van der Waals surface area contributed by atoms with Crippen molar-refractivity contribution in [3.63, 3.8) is 0 Å². The minimum absolute atomic E-state index is 0.0652. The highest BCUT2D eigenvalue weighted by atomic mass is 32.2. The molecule has 0 radical (unpaired) electrons. The van der Waals surface area contributed by atoms with Crippen LogP contribution in [-0.2, 0) is 19.6 Å². The molecule has 0 aromatic heterocycles. The van der Waals surface area contributed by atoms with Gasteiger partial charge in [-0.25, -0.2) is 17.2 Å². The summed E-state index contributed by atoms with van der Waals surface area (Å²) in [5, 5.41) is 0. The number of sulfonamides is 1. The summed E-state index contributed by atoms with van der Waals surface area (Å²) in [6.07, 6.45) is 0. The fourth-order valence-electron chi connectivity index (χ4n) is 2.11. The van der Waals surface area contributed by atoms with E-state index in [2.05, 4.69) is 0 Å². The Labute approximate surface area is 144 Å². The molecule has 0 aliphatic carbocycles. The average molecular weight is 369 g/mol. The standard InChI is InChI=1S/C17H17F2NO4S/c1-3-24-17(21)11-20(14-7-5-13(18)6-8-14)25(22,23)15-9-4-12(2)16(19)10-15/h4-10H,3,11H2,1-2H3. The van der Waals surface area contributed by atoms with Crippen LogP contribution in [0.2, 0.25) is 0 Å². The molecule has 0 N–H and O–H groups in total. The van der Waals surface area contributed by atoms with Gasteiger partial charge in [-0.3, -0.25) is 9.10 Å². The predicted molar refractivity (Wildman–Crippen MR) is 88.7 cm³/mol. The third kappa shape index (κ3) is 4.33. The highest BCUT2D eigenvalue weighted by Gasteiger charge is 2.28. The van der Waals surface area contributed by atoms with Crippen LogP contribution in [0, 0.1) is 18.6 Å². The van der Waals surface area contributed by atoms with Crippen LogP contribution in [0.5, 0.6) is 0 Å². The molecule has 0 aliphatic heterocycles. The van der Waals surface area contributed by atoms with Crippen molar-refractivity contribution in [3.05, 3.63) is 59.7 Å². The van der Waals surface area contributed by atoms with Gasteiger partial charge >= 0.3 is 5.97 Å². The second-order valence-corrected chi connectivity index (χ2v) is 7.07. The first-order valence-corrected chi connectivity index (χ1v) is 8.89. The number of anilines is 1. The summed E-state index contributed by atoms with van der Waals surface area (Å²) in [5.74, 6) is -2.02. The van der Waals surface area contributed by atoms with Crippen LogP contribution >= 0.6 is 0 Å². The Balaban J connectivity index is 2.50. The smallest absolute Gasteiger partial charge is 0.326 e. The molecule has 2 rings (SSSR count). The summed E-state index contributed by atoms with van der Waals surface area (Å²) in [6.45, 7) is 2.55. The Kier molecular flexibility index (Phi) is 5.73. The number of benzene rings is 2. The van der Waals surface area contributed by atoms with Crippen molar-refractivity contribution < 1.29 is 26.7 Å². The summed E-state index contributed by atoms with van der Waals surface area (Å²) >= 11 is 0. The predicted octanol–water partition coefficient (Wildman–Crippen LogP) is 3.03. The van der Waals surface area contributed by atoms with Crippen LogP contribution in [0.1, 0.15) is 12.5 Å². The van der Waals surface area contributed by atoms with E-state index in [4.69, 9.17) is 4.74 Å². The summed E-state index contributed by atoms with van der Waals surface area (Å²) in [4.78, 5) is 11.5. The van der Waals surface area contributed by atoms with Gasteiger partial charge in [-0.1, -0.05) is 6.07 Å². The first-order chi connectivity index (χ1) is 11.8. The van der Waals surface area contributed by atoms with Gasteiger partial charge in [0.25, 0.3) is 10.0 Å². The number of esters is 1. The van der Waals surface area contributed by atoms with Crippen molar-refractivity contribution in [1.29, 1.82) is 0 Å². The fourth-order valence-corrected chi connectivity index (χ4v) is 3.53. The van der Waals surface area contributed by atoms with E-state index in [0.717, 1.165) is 22.5 Å². The first kappa shape index (κ1) is 18.9. The lowest BCUT2D eigenvalue weighted by Gasteiger charge is -2.23. The van der Waals surface area contributed by atoms with Gasteiger partial charge in [-0.15, -0.1) is 0 Å². The number of carbonyl (C=O) groups is 1. The number of ether oxygens (including phenoxy) is 1. The quantitative estimate of drug-likeness (QED) is 0.735.